The molecule has 1 aliphatic rings. The van der Waals surface area contributed by atoms with Crippen molar-refractivity contribution in [3.63, 3.8) is 0 Å². The van der Waals surface area contributed by atoms with Gasteiger partial charge < -0.3 is 23.8 Å². The first-order valence-corrected chi connectivity index (χ1v) is 10.7. The fourth-order valence-electron chi connectivity index (χ4n) is 4.32. The van der Waals surface area contributed by atoms with Crippen molar-refractivity contribution in [1.82, 2.24) is 19.9 Å². The van der Waals surface area contributed by atoms with Gasteiger partial charge in [-0.1, -0.05) is 12.1 Å². The number of aromatic amines is 1. The van der Waals surface area contributed by atoms with Gasteiger partial charge in [-0.3, -0.25) is 4.79 Å². The van der Waals surface area contributed by atoms with Crippen LogP contribution in [0.25, 0.3) is 11.0 Å². The highest BCUT2D eigenvalue weighted by Gasteiger charge is 2.39. The Morgan fingerprint density at radius 1 is 1.22 bits per heavy atom. The SMILES string of the molecule is Cc1nc(C(C)(C)O)oc1C(=O)N1CCc2[nH]cnc2[C@@H]1c1cc2c(C)ccc(C)c2o1. The fraction of sp³-hybridized carbons (Fsp3) is 0.375. The number of benzene rings is 1. The third-order valence-corrected chi connectivity index (χ3v) is 6.09. The van der Waals surface area contributed by atoms with Gasteiger partial charge in [0.2, 0.25) is 11.7 Å². The lowest BCUT2D eigenvalue weighted by atomic mass is 9.99. The molecule has 0 saturated carbocycles. The number of aryl methyl sites for hydroxylation is 3. The molecule has 1 aliphatic heterocycles. The number of rotatable bonds is 3. The van der Waals surface area contributed by atoms with Crippen molar-refractivity contribution in [3.05, 3.63) is 70.1 Å². The van der Waals surface area contributed by atoms with Crippen LogP contribution >= 0.6 is 0 Å². The number of nitrogens with one attached hydrogen (secondary N) is 1. The number of nitrogens with zero attached hydrogens (tertiary/aromatic N) is 3. The molecule has 0 fully saturated rings. The maximum absolute atomic E-state index is 13.7. The molecule has 1 atom stereocenters. The Labute approximate surface area is 185 Å². The van der Waals surface area contributed by atoms with E-state index in [1.54, 1.807) is 32.0 Å². The zero-order valence-electron chi connectivity index (χ0n) is 18.8. The molecule has 1 amide bonds. The maximum atomic E-state index is 13.7. The Balaban J connectivity index is 1.63. The van der Waals surface area contributed by atoms with Gasteiger partial charge in [0.25, 0.3) is 5.91 Å². The summed E-state index contributed by atoms with van der Waals surface area (Å²) >= 11 is 0. The number of carbonyl (C=O) groups excluding carboxylic acids is 1. The molecule has 4 heterocycles. The Hall–Kier alpha value is -3.39. The highest BCUT2D eigenvalue weighted by atomic mass is 16.4. The number of furan rings is 1. The zero-order chi connectivity index (χ0) is 22.8. The lowest BCUT2D eigenvalue weighted by Gasteiger charge is -2.33. The van der Waals surface area contributed by atoms with Gasteiger partial charge in [-0.25, -0.2) is 9.97 Å². The molecule has 3 aromatic heterocycles. The molecule has 0 bridgehead atoms. The van der Waals surface area contributed by atoms with Gasteiger partial charge in [0.15, 0.2) is 0 Å². The van der Waals surface area contributed by atoms with Crippen molar-refractivity contribution in [2.24, 2.45) is 0 Å². The van der Waals surface area contributed by atoms with Gasteiger partial charge in [-0.2, -0.15) is 0 Å². The molecule has 166 valence electrons. The molecule has 1 aromatic carbocycles. The Morgan fingerprint density at radius 3 is 2.66 bits per heavy atom. The largest absolute Gasteiger partial charge is 0.458 e. The number of carbonyl (C=O) groups is 1. The standard InChI is InChI=1S/C24H26N4O4/c1-12-6-7-13(2)20-15(12)10-17(31-20)19-18-16(25-11-26-18)8-9-28(19)22(29)21-14(3)27-23(32-21)24(4,5)30/h6-7,10-11,19,30H,8-9H2,1-5H3,(H,25,26)/t19-/m0/s1. The summed E-state index contributed by atoms with van der Waals surface area (Å²) in [6.07, 6.45) is 2.29. The van der Waals surface area contributed by atoms with Crippen LogP contribution in [0.15, 0.2) is 33.4 Å². The first-order chi connectivity index (χ1) is 15.1. The molecule has 5 rings (SSSR count). The summed E-state index contributed by atoms with van der Waals surface area (Å²) in [6.45, 7) is 9.37. The van der Waals surface area contributed by atoms with Gasteiger partial charge in [0.1, 0.15) is 23.0 Å². The Morgan fingerprint density at radius 2 is 1.97 bits per heavy atom. The number of fused-ring (bicyclic) bond motifs is 2. The fourth-order valence-corrected chi connectivity index (χ4v) is 4.32. The van der Waals surface area contributed by atoms with Crippen LogP contribution in [0.5, 0.6) is 0 Å². The number of imidazole rings is 1. The van der Waals surface area contributed by atoms with E-state index in [2.05, 4.69) is 21.0 Å². The number of amides is 1. The second-order valence-corrected chi connectivity index (χ2v) is 9.00. The molecule has 0 spiro atoms. The predicted octanol–water partition coefficient (Wildman–Crippen LogP) is 4.08. The van der Waals surface area contributed by atoms with Crippen LogP contribution < -0.4 is 0 Å². The molecule has 0 aliphatic carbocycles. The summed E-state index contributed by atoms with van der Waals surface area (Å²) in [5.74, 6) is 0.577. The van der Waals surface area contributed by atoms with Crippen molar-refractivity contribution >= 4 is 16.9 Å². The lowest BCUT2D eigenvalue weighted by molar-refractivity contribution is 0.0438. The van der Waals surface area contributed by atoms with Crippen LogP contribution in [0.1, 0.15) is 70.3 Å². The average molecular weight is 434 g/mol. The van der Waals surface area contributed by atoms with Crippen LogP contribution in [-0.4, -0.2) is 37.4 Å². The molecule has 0 saturated heterocycles. The molecule has 4 aromatic rings. The van der Waals surface area contributed by atoms with E-state index >= 15 is 0 Å². The number of oxazole rings is 1. The first-order valence-electron chi connectivity index (χ1n) is 10.7. The van der Waals surface area contributed by atoms with Crippen LogP contribution in [0.2, 0.25) is 0 Å². The summed E-state index contributed by atoms with van der Waals surface area (Å²) in [5, 5.41) is 11.3. The molecule has 8 nitrogen and oxygen atoms in total. The number of aliphatic hydroxyl groups is 1. The van der Waals surface area contributed by atoms with E-state index in [0.29, 0.717) is 24.4 Å². The highest BCUT2D eigenvalue weighted by Crippen LogP contribution is 2.39. The van der Waals surface area contributed by atoms with Crippen molar-refractivity contribution in [2.45, 2.75) is 52.7 Å². The molecular formula is C24H26N4O4. The molecule has 32 heavy (non-hydrogen) atoms. The van der Waals surface area contributed by atoms with E-state index in [1.165, 1.54) is 0 Å². The normalized spacial score (nSPS) is 16.6. The topological polar surface area (TPSA) is 108 Å². The van der Waals surface area contributed by atoms with Crippen LogP contribution in [0.4, 0.5) is 0 Å². The summed E-state index contributed by atoms with van der Waals surface area (Å²) in [7, 11) is 0. The Kier molecular flexibility index (Phi) is 4.53. The molecule has 0 radical (unpaired) electrons. The number of H-pyrrole nitrogens is 1. The van der Waals surface area contributed by atoms with Crippen molar-refractivity contribution < 1.29 is 18.7 Å². The minimum absolute atomic E-state index is 0.113. The van der Waals surface area contributed by atoms with E-state index in [1.807, 2.05) is 26.0 Å². The smallest absolute Gasteiger partial charge is 0.292 e. The van der Waals surface area contributed by atoms with E-state index in [4.69, 9.17) is 8.83 Å². The molecule has 8 heteroatoms. The van der Waals surface area contributed by atoms with E-state index < -0.39 is 11.6 Å². The van der Waals surface area contributed by atoms with Gasteiger partial charge in [-0.15, -0.1) is 0 Å². The monoisotopic (exact) mass is 434 g/mol. The quantitative estimate of drug-likeness (QED) is 0.503. The van der Waals surface area contributed by atoms with E-state index in [0.717, 1.165) is 33.5 Å². The van der Waals surface area contributed by atoms with Crippen molar-refractivity contribution in [1.29, 1.82) is 0 Å². The molecular weight excluding hydrogens is 408 g/mol. The molecule has 2 N–H and O–H groups in total. The summed E-state index contributed by atoms with van der Waals surface area (Å²) in [4.78, 5) is 27.4. The second-order valence-electron chi connectivity index (χ2n) is 9.00. The van der Waals surface area contributed by atoms with Crippen LogP contribution in [0, 0.1) is 20.8 Å². The van der Waals surface area contributed by atoms with Gasteiger partial charge in [-0.05, 0) is 51.8 Å². The van der Waals surface area contributed by atoms with Gasteiger partial charge >= 0.3 is 0 Å². The van der Waals surface area contributed by atoms with Gasteiger partial charge in [0, 0.05) is 24.0 Å². The third kappa shape index (κ3) is 3.14. The average Bonchev–Trinajstić information content (AvgIpc) is 3.46. The number of aromatic nitrogens is 3. The highest BCUT2D eigenvalue weighted by molar-refractivity contribution is 5.93. The lowest BCUT2D eigenvalue weighted by Crippen LogP contribution is -2.40. The summed E-state index contributed by atoms with van der Waals surface area (Å²) in [5.41, 5.74) is 3.86. The minimum Gasteiger partial charge on any atom is -0.458 e. The number of hydrogen-bond donors (Lipinski definition) is 2. The Bertz CT molecular complexity index is 1300. The third-order valence-electron chi connectivity index (χ3n) is 6.09. The van der Waals surface area contributed by atoms with Crippen molar-refractivity contribution in [2.75, 3.05) is 6.54 Å². The predicted molar refractivity (Wildman–Crippen MR) is 117 cm³/mol. The molecule has 0 unspecified atom stereocenters. The minimum atomic E-state index is -1.28. The number of hydrogen-bond acceptors (Lipinski definition) is 6. The zero-order valence-corrected chi connectivity index (χ0v) is 18.8. The maximum Gasteiger partial charge on any atom is 0.292 e. The van der Waals surface area contributed by atoms with E-state index in [9.17, 15) is 9.90 Å². The van der Waals surface area contributed by atoms with E-state index in [-0.39, 0.29) is 17.6 Å². The second kappa shape index (κ2) is 7.06. The van der Waals surface area contributed by atoms with Gasteiger partial charge in [0.05, 0.1) is 17.7 Å². The van der Waals surface area contributed by atoms with Crippen molar-refractivity contribution in [3.8, 4) is 0 Å². The first kappa shape index (κ1) is 20.5. The summed E-state index contributed by atoms with van der Waals surface area (Å²) in [6, 6.07) is 5.60. The van der Waals surface area contributed by atoms with Crippen LogP contribution in [0.3, 0.4) is 0 Å². The van der Waals surface area contributed by atoms with Crippen LogP contribution in [-0.2, 0) is 12.0 Å². The summed E-state index contributed by atoms with van der Waals surface area (Å²) < 4.78 is 12.1.